The van der Waals surface area contributed by atoms with E-state index in [9.17, 15) is 0 Å². The van der Waals surface area contributed by atoms with Gasteiger partial charge in [-0.25, -0.2) is 9.97 Å². The fourth-order valence-corrected chi connectivity index (χ4v) is 1.81. The van der Waals surface area contributed by atoms with Crippen LogP contribution in [0.3, 0.4) is 0 Å². The number of rotatable bonds is 3. The maximum atomic E-state index is 4.33. The van der Waals surface area contributed by atoms with Crippen LogP contribution in [0, 0.1) is 0 Å². The quantitative estimate of drug-likeness (QED) is 0.727. The minimum atomic E-state index is 0.726. The Hall–Kier alpha value is -1.12. The monoisotopic (exact) mass is 189 g/mol. The highest BCUT2D eigenvalue weighted by Crippen LogP contribution is 2.40. The van der Waals surface area contributed by atoms with Crippen LogP contribution in [0.15, 0.2) is 12.4 Å². The standard InChI is InChI=1S/C11H15N3/c1-14(9-4-5-9)11-6-10(8-2-3-8)12-7-13-11/h6-9H,2-5H2,1H3. The second kappa shape index (κ2) is 2.94. The van der Waals surface area contributed by atoms with Gasteiger partial charge in [0.15, 0.2) is 0 Å². The van der Waals surface area contributed by atoms with Crippen molar-refractivity contribution in [1.82, 2.24) is 9.97 Å². The molecule has 0 bridgehead atoms. The summed E-state index contributed by atoms with van der Waals surface area (Å²) in [4.78, 5) is 10.9. The van der Waals surface area contributed by atoms with Crippen LogP contribution in [0.4, 0.5) is 5.82 Å². The molecule has 2 saturated carbocycles. The van der Waals surface area contributed by atoms with Crippen molar-refractivity contribution in [2.45, 2.75) is 37.6 Å². The number of aromatic nitrogens is 2. The van der Waals surface area contributed by atoms with Crippen molar-refractivity contribution in [3.63, 3.8) is 0 Å². The first-order valence-corrected chi connectivity index (χ1v) is 5.39. The van der Waals surface area contributed by atoms with Crippen LogP contribution in [-0.4, -0.2) is 23.1 Å². The van der Waals surface area contributed by atoms with E-state index in [0.717, 1.165) is 17.8 Å². The van der Waals surface area contributed by atoms with Gasteiger partial charge in [-0.2, -0.15) is 0 Å². The summed E-state index contributed by atoms with van der Waals surface area (Å²) in [5.41, 5.74) is 1.24. The van der Waals surface area contributed by atoms with E-state index >= 15 is 0 Å². The van der Waals surface area contributed by atoms with Crippen molar-refractivity contribution in [3.8, 4) is 0 Å². The lowest BCUT2D eigenvalue weighted by molar-refractivity contribution is 0.871. The summed E-state index contributed by atoms with van der Waals surface area (Å²) in [6, 6.07) is 2.90. The highest BCUT2D eigenvalue weighted by Gasteiger charge is 2.29. The third-order valence-electron chi connectivity index (χ3n) is 3.13. The van der Waals surface area contributed by atoms with Gasteiger partial charge in [0.1, 0.15) is 12.1 Å². The largest absolute Gasteiger partial charge is 0.357 e. The van der Waals surface area contributed by atoms with Crippen LogP contribution in [0.1, 0.15) is 37.3 Å². The molecule has 1 aromatic heterocycles. The van der Waals surface area contributed by atoms with Gasteiger partial charge in [0.2, 0.25) is 0 Å². The lowest BCUT2D eigenvalue weighted by Gasteiger charge is -2.17. The summed E-state index contributed by atoms with van der Waals surface area (Å²) in [6.07, 6.45) is 6.97. The van der Waals surface area contributed by atoms with E-state index in [1.54, 1.807) is 6.33 Å². The first-order chi connectivity index (χ1) is 6.84. The van der Waals surface area contributed by atoms with Gasteiger partial charge >= 0.3 is 0 Å². The molecule has 0 atom stereocenters. The smallest absolute Gasteiger partial charge is 0.132 e. The van der Waals surface area contributed by atoms with Crippen molar-refractivity contribution in [2.24, 2.45) is 0 Å². The zero-order chi connectivity index (χ0) is 9.54. The van der Waals surface area contributed by atoms with E-state index in [4.69, 9.17) is 0 Å². The molecule has 3 rings (SSSR count). The molecule has 3 nitrogen and oxygen atoms in total. The predicted octanol–water partition coefficient (Wildman–Crippen LogP) is 1.95. The van der Waals surface area contributed by atoms with Crippen LogP contribution in [0.5, 0.6) is 0 Å². The Kier molecular flexibility index (Phi) is 1.72. The Morgan fingerprint density at radius 1 is 1.21 bits per heavy atom. The van der Waals surface area contributed by atoms with Gasteiger partial charge in [-0.3, -0.25) is 0 Å². The van der Waals surface area contributed by atoms with Crippen LogP contribution in [-0.2, 0) is 0 Å². The molecule has 0 saturated heterocycles. The first kappa shape index (κ1) is 8.21. The van der Waals surface area contributed by atoms with E-state index in [1.165, 1.54) is 31.4 Å². The van der Waals surface area contributed by atoms with Crippen molar-refractivity contribution < 1.29 is 0 Å². The molecule has 0 unspecified atom stereocenters. The van der Waals surface area contributed by atoms with E-state index < -0.39 is 0 Å². The van der Waals surface area contributed by atoms with E-state index in [1.807, 2.05) is 0 Å². The van der Waals surface area contributed by atoms with Gasteiger partial charge in [0.25, 0.3) is 0 Å². The molecule has 0 aromatic carbocycles. The number of hydrogen-bond donors (Lipinski definition) is 0. The van der Waals surface area contributed by atoms with E-state index in [-0.39, 0.29) is 0 Å². The van der Waals surface area contributed by atoms with Crippen LogP contribution in [0.25, 0.3) is 0 Å². The Balaban J connectivity index is 1.85. The molecule has 0 amide bonds. The summed E-state index contributed by atoms with van der Waals surface area (Å²) in [5.74, 6) is 1.83. The van der Waals surface area contributed by atoms with Crippen LogP contribution >= 0.6 is 0 Å². The first-order valence-electron chi connectivity index (χ1n) is 5.39. The van der Waals surface area contributed by atoms with Crippen LogP contribution < -0.4 is 4.90 Å². The van der Waals surface area contributed by atoms with Crippen LogP contribution in [0.2, 0.25) is 0 Å². The molecule has 14 heavy (non-hydrogen) atoms. The van der Waals surface area contributed by atoms with Crippen molar-refractivity contribution in [1.29, 1.82) is 0 Å². The van der Waals surface area contributed by atoms with E-state index in [2.05, 4.69) is 28.0 Å². The molecule has 0 spiro atoms. The average molecular weight is 189 g/mol. The number of anilines is 1. The molecule has 0 aliphatic heterocycles. The highest BCUT2D eigenvalue weighted by atomic mass is 15.2. The molecular formula is C11H15N3. The lowest BCUT2D eigenvalue weighted by Crippen LogP contribution is -2.20. The summed E-state index contributed by atoms with van der Waals surface area (Å²) in [5, 5.41) is 0. The van der Waals surface area contributed by atoms with E-state index in [0.29, 0.717) is 0 Å². The fraction of sp³-hybridized carbons (Fsp3) is 0.636. The highest BCUT2D eigenvalue weighted by molar-refractivity contribution is 5.41. The molecule has 1 heterocycles. The van der Waals surface area contributed by atoms with Crippen molar-refractivity contribution in [2.75, 3.05) is 11.9 Å². The number of hydrogen-bond acceptors (Lipinski definition) is 3. The summed E-state index contributed by atoms with van der Waals surface area (Å²) in [7, 11) is 2.14. The molecular weight excluding hydrogens is 174 g/mol. The molecule has 2 fully saturated rings. The van der Waals surface area contributed by atoms with Crippen molar-refractivity contribution in [3.05, 3.63) is 18.1 Å². The average Bonchev–Trinajstić information content (AvgIpc) is 3.06. The summed E-state index contributed by atoms with van der Waals surface area (Å²) >= 11 is 0. The molecule has 74 valence electrons. The normalized spacial score (nSPS) is 20.9. The van der Waals surface area contributed by atoms with Crippen molar-refractivity contribution >= 4 is 5.82 Å². The Labute approximate surface area is 84.2 Å². The summed E-state index contributed by atoms with van der Waals surface area (Å²) in [6.45, 7) is 0. The van der Waals surface area contributed by atoms with Gasteiger partial charge < -0.3 is 4.90 Å². The SMILES string of the molecule is CN(c1cc(C2CC2)ncn1)C1CC1. The molecule has 1 aromatic rings. The topological polar surface area (TPSA) is 29.0 Å². The zero-order valence-electron chi connectivity index (χ0n) is 8.48. The maximum Gasteiger partial charge on any atom is 0.132 e. The molecule has 0 N–H and O–H groups in total. The summed E-state index contributed by atoms with van der Waals surface area (Å²) < 4.78 is 0. The predicted molar refractivity (Wildman–Crippen MR) is 55.4 cm³/mol. The van der Waals surface area contributed by atoms with Gasteiger partial charge in [-0.15, -0.1) is 0 Å². The minimum Gasteiger partial charge on any atom is -0.357 e. The second-order valence-electron chi connectivity index (χ2n) is 4.42. The molecule has 3 heteroatoms. The Morgan fingerprint density at radius 3 is 2.64 bits per heavy atom. The molecule has 2 aliphatic carbocycles. The number of nitrogens with zero attached hydrogens (tertiary/aromatic N) is 3. The Bertz CT molecular complexity index is 342. The minimum absolute atomic E-state index is 0.726. The van der Waals surface area contributed by atoms with Gasteiger partial charge in [-0.05, 0) is 25.7 Å². The van der Waals surface area contributed by atoms with Gasteiger partial charge in [-0.1, -0.05) is 0 Å². The lowest BCUT2D eigenvalue weighted by atomic mass is 10.3. The molecule has 0 radical (unpaired) electrons. The zero-order valence-corrected chi connectivity index (χ0v) is 8.48. The third kappa shape index (κ3) is 1.47. The fourth-order valence-electron chi connectivity index (χ4n) is 1.81. The second-order valence-corrected chi connectivity index (χ2v) is 4.42. The van der Waals surface area contributed by atoms with Gasteiger partial charge in [0, 0.05) is 30.8 Å². The molecule has 2 aliphatic rings. The Morgan fingerprint density at radius 2 is 2.00 bits per heavy atom. The third-order valence-corrected chi connectivity index (χ3v) is 3.13. The maximum absolute atomic E-state index is 4.33. The van der Waals surface area contributed by atoms with Gasteiger partial charge in [0.05, 0.1) is 0 Å².